The van der Waals surface area contributed by atoms with Crippen molar-refractivity contribution in [3.63, 3.8) is 0 Å². The van der Waals surface area contributed by atoms with Crippen LogP contribution in [0.4, 0.5) is 11.4 Å². The van der Waals surface area contributed by atoms with E-state index in [0.717, 1.165) is 31.0 Å². The van der Waals surface area contributed by atoms with Crippen molar-refractivity contribution in [2.75, 3.05) is 35.2 Å². The van der Waals surface area contributed by atoms with Crippen LogP contribution in [0.25, 0.3) is 0 Å². The van der Waals surface area contributed by atoms with E-state index in [1.165, 1.54) is 5.75 Å². The summed E-state index contributed by atoms with van der Waals surface area (Å²) in [5, 5.41) is 9.04. The van der Waals surface area contributed by atoms with E-state index in [9.17, 15) is 4.79 Å². The van der Waals surface area contributed by atoms with Crippen LogP contribution in [-0.4, -0.2) is 35.7 Å². The number of carboxylic acids is 1. The van der Waals surface area contributed by atoms with Gasteiger partial charge in [-0.2, -0.15) is 11.8 Å². The number of nitrogens with zero attached hydrogens (tertiary/aromatic N) is 1. The lowest BCUT2D eigenvalue weighted by Crippen LogP contribution is -2.25. The molecule has 0 saturated carbocycles. The molecule has 17 heavy (non-hydrogen) atoms. The molecule has 0 radical (unpaired) electrons. The summed E-state index contributed by atoms with van der Waals surface area (Å²) in [6, 6.07) is 5.25. The van der Waals surface area contributed by atoms with Crippen molar-refractivity contribution in [3.8, 4) is 0 Å². The first-order valence-electron chi connectivity index (χ1n) is 5.64. The van der Waals surface area contributed by atoms with Gasteiger partial charge in [-0.15, -0.1) is 0 Å². The number of rotatable bonds is 2. The summed E-state index contributed by atoms with van der Waals surface area (Å²) < 4.78 is 0. The van der Waals surface area contributed by atoms with Gasteiger partial charge in [0.15, 0.2) is 0 Å². The van der Waals surface area contributed by atoms with E-state index in [4.69, 9.17) is 10.8 Å². The summed E-state index contributed by atoms with van der Waals surface area (Å²) in [4.78, 5) is 13.3. The molecule has 3 N–H and O–H groups in total. The molecule has 92 valence electrons. The molecule has 0 bridgehead atoms. The number of hydrogen-bond donors (Lipinski definition) is 2. The summed E-state index contributed by atoms with van der Waals surface area (Å²) in [6.07, 6.45) is 1.14. The highest BCUT2D eigenvalue weighted by atomic mass is 32.2. The number of carbonyl (C=O) groups is 1. The zero-order valence-electron chi connectivity index (χ0n) is 9.56. The third-order valence-corrected chi connectivity index (χ3v) is 3.90. The minimum absolute atomic E-state index is 0.194. The molecule has 5 heteroatoms. The van der Waals surface area contributed by atoms with E-state index in [1.54, 1.807) is 12.1 Å². The summed E-state index contributed by atoms with van der Waals surface area (Å²) in [7, 11) is 0. The lowest BCUT2D eigenvalue weighted by molar-refractivity contribution is 0.0698. The molecule has 0 atom stereocenters. The SMILES string of the molecule is Nc1ccc(N2CCCSCC2)cc1C(=O)O. The minimum Gasteiger partial charge on any atom is -0.478 e. The van der Waals surface area contributed by atoms with Gasteiger partial charge in [-0.3, -0.25) is 0 Å². The first-order chi connectivity index (χ1) is 8.18. The molecule has 0 spiro atoms. The second-order valence-corrected chi connectivity index (χ2v) is 5.25. The predicted octanol–water partition coefficient (Wildman–Crippen LogP) is 1.91. The Kier molecular flexibility index (Phi) is 3.78. The number of nitrogens with two attached hydrogens (primary N) is 1. The molecule has 1 heterocycles. The van der Waals surface area contributed by atoms with Gasteiger partial charge in [-0.25, -0.2) is 4.79 Å². The number of carboxylic acid groups (broad SMARTS) is 1. The molecule has 0 amide bonds. The summed E-state index contributed by atoms with van der Waals surface area (Å²) in [5.74, 6) is 1.30. The highest BCUT2D eigenvalue weighted by Crippen LogP contribution is 2.23. The highest BCUT2D eigenvalue weighted by Gasteiger charge is 2.14. The largest absolute Gasteiger partial charge is 0.478 e. The number of aromatic carboxylic acids is 1. The van der Waals surface area contributed by atoms with Crippen LogP contribution >= 0.6 is 11.8 Å². The van der Waals surface area contributed by atoms with E-state index < -0.39 is 5.97 Å². The van der Waals surface area contributed by atoms with E-state index in [2.05, 4.69) is 4.90 Å². The number of anilines is 2. The van der Waals surface area contributed by atoms with E-state index in [0.29, 0.717) is 5.69 Å². The van der Waals surface area contributed by atoms with Gasteiger partial charge >= 0.3 is 5.97 Å². The fourth-order valence-corrected chi connectivity index (χ4v) is 2.82. The van der Waals surface area contributed by atoms with Gasteiger partial charge in [-0.1, -0.05) is 0 Å². The predicted molar refractivity (Wildman–Crippen MR) is 72.0 cm³/mol. The molecule has 2 rings (SSSR count). The first kappa shape index (κ1) is 12.1. The van der Waals surface area contributed by atoms with Gasteiger partial charge in [0, 0.05) is 30.2 Å². The molecule has 4 nitrogen and oxygen atoms in total. The topological polar surface area (TPSA) is 66.6 Å². The van der Waals surface area contributed by atoms with Gasteiger partial charge in [0.25, 0.3) is 0 Å². The lowest BCUT2D eigenvalue weighted by Gasteiger charge is -2.22. The van der Waals surface area contributed by atoms with Crippen LogP contribution in [0.15, 0.2) is 18.2 Å². The Morgan fingerprint density at radius 3 is 2.94 bits per heavy atom. The second kappa shape index (κ2) is 5.31. The number of nitrogen functional groups attached to an aromatic ring is 1. The molecule has 0 aromatic heterocycles. The Hall–Kier alpha value is -1.36. The van der Waals surface area contributed by atoms with Crippen LogP contribution in [0.2, 0.25) is 0 Å². The van der Waals surface area contributed by atoms with Gasteiger partial charge in [0.2, 0.25) is 0 Å². The van der Waals surface area contributed by atoms with E-state index >= 15 is 0 Å². The van der Waals surface area contributed by atoms with Crippen LogP contribution in [0.3, 0.4) is 0 Å². The number of hydrogen-bond acceptors (Lipinski definition) is 4. The quantitative estimate of drug-likeness (QED) is 0.787. The summed E-state index contributed by atoms with van der Waals surface area (Å²) >= 11 is 1.95. The third kappa shape index (κ3) is 2.85. The third-order valence-electron chi connectivity index (χ3n) is 2.85. The molecule has 0 aliphatic carbocycles. The second-order valence-electron chi connectivity index (χ2n) is 4.03. The number of benzene rings is 1. The van der Waals surface area contributed by atoms with Gasteiger partial charge < -0.3 is 15.7 Å². The Morgan fingerprint density at radius 1 is 1.35 bits per heavy atom. The molecule has 1 saturated heterocycles. The maximum atomic E-state index is 11.0. The smallest absolute Gasteiger partial charge is 0.337 e. The molecule has 1 aromatic rings. The molecule has 1 aromatic carbocycles. The lowest BCUT2D eigenvalue weighted by atomic mass is 10.1. The van der Waals surface area contributed by atoms with Crippen molar-refractivity contribution in [2.24, 2.45) is 0 Å². The monoisotopic (exact) mass is 252 g/mol. The molecule has 1 aliphatic rings. The van der Waals surface area contributed by atoms with Crippen molar-refractivity contribution in [1.29, 1.82) is 0 Å². The minimum atomic E-state index is -0.964. The maximum absolute atomic E-state index is 11.0. The van der Waals surface area contributed by atoms with Gasteiger partial charge in [0.05, 0.1) is 5.56 Å². The Balaban J connectivity index is 2.25. The van der Waals surface area contributed by atoms with Gasteiger partial charge in [0.1, 0.15) is 0 Å². The average Bonchev–Trinajstić information content (AvgIpc) is 2.58. The van der Waals surface area contributed by atoms with Crippen molar-refractivity contribution in [1.82, 2.24) is 0 Å². The maximum Gasteiger partial charge on any atom is 0.337 e. The van der Waals surface area contributed by atoms with Crippen molar-refractivity contribution < 1.29 is 9.90 Å². The zero-order valence-corrected chi connectivity index (χ0v) is 10.4. The summed E-state index contributed by atoms with van der Waals surface area (Å²) in [6.45, 7) is 1.95. The average molecular weight is 252 g/mol. The first-order valence-corrected chi connectivity index (χ1v) is 6.79. The Bertz CT molecular complexity index is 415. The standard InChI is InChI=1S/C12H16N2O2S/c13-11-3-2-9(8-10(11)12(15)16)14-4-1-6-17-7-5-14/h2-3,8H,1,4-7,13H2,(H,15,16). The summed E-state index contributed by atoms with van der Waals surface area (Å²) in [5.41, 5.74) is 7.12. The van der Waals surface area contributed by atoms with Crippen molar-refractivity contribution >= 4 is 29.1 Å². The van der Waals surface area contributed by atoms with E-state index in [-0.39, 0.29) is 5.56 Å². The van der Waals surface area contributed by atoms with Crippen molar-refractivity contribution in [3.05, 3.63) is 23.8 Å². The molecule has 1 aliphatic heterocycles. The molecule has 1 fully saturated rings. The van der Waals surface area contributed by atoms with Crippen LogP contribution in [0.5, 0.6) is 0 Å². The molecular formula is C12H16N2O2S. The Morgan fingerprint density at radius 2 is 2.18 bits per heavy atom. The van der Waals surface area contributed by atoms with Crippen molar-refractivity contribution in [2.45, 2.75) is 6.42 Å². The van der Waals surface area contributed by atoms with E-state index in [1.807, 2.05) is 17.8 Å². The fourth-order valence-electron chi connectivity index (χ4n) is 1.93. The normalized spacial score (nSPS) is 16.6. The van der Waals surface area contributed by atoms with Crippen LogP contribution in [-0.2, 0) is 0 Å². The highest BCUT2D eigenvalue weighted by molar-refractivity contribution is 7.99. The molecular weight excluding hydrogens is 236 g/mol. The fraction of sp³-hybridized carbons (Fsp3) is 0.417. The number of thioether (sulfide) groups is 1. The van der Waals surface area contributed by atoms with Crippen LogP contribution < -0.4 is 10.6 Å². The molecule has 0 unspecified atom stereocenters. The Labute approximate surface area is 105 Å². The zero-order chi connectivity index (χ0) is 12.3. The van der Waals surface area contributed by atoms with Crippen LogP contribution in [0, 0.1) is 0 Å². The van der Waals surface area contributed by atoms with Gasteiger partial charge in [-0.05, 0) is 30.4 Å². The van der Waals surface area contributed by atoms with Crippen LogP contribution in [0.1, 0.15) is 16.8 Å².